The number of aliphatic hydroxyl groups is 4. The van der Waals surface area contributed by atoms with Gasteiger partial charge in [0.1, 0.15) is 24.4 Å². The fraction of sp³-hybridized carbons (Fsp3) is 0.778. The first-order chi connectivity index (χ1) is 22.4. The van der Waals surface area contributed by atoms with Gasteiger partial charge in [-0.15, -0.1) is 6.58 Å². The maximum absolute atomic E-state index is 12.3. The van der Waals surface area contributed by atoms with E-state index in [1.54, 1.807) is 27.0 Å². The molecule has 0 bridgehead atoms. The van der Waals surface area contributed by atoms with Gasteiger partial charge in [0.05, 0.1) is 37.6 Å². The van der Waals surface area contributed by atoms with Crippen molar-refractivity contribution in [3.63, 3.8) is 0 Å². The Morgan fingerprint density at radius 3 is 2.40 bits per heavy atom. The summed E-state index contributed by atoms with van der Waals surface area (Å²) in [5.41, 5.74) is 0.746. The SMILES string of the molecule is C=CC(C)(C)OC[C@H]1O[C@H](O[C@@H]2C3=C([C@@H](C)COC(C)=O)C[C@H](O)[C@]3(C)C=C3[C@@H](COC)CC[C@H]3[C@@H](C)[C@H]2O)[C@H](O)[C@@H](OC(C)=O)[C@@H]1O. The Morgan fingerprint density at radius 2 is 1.79 bits per heavy atom. The predicted octanol–water partition coefficient (Wildman–Crippen LogP) is 2.61. The Balaban J connectivity index is 1.82. The van der Waals surface area contributed by atoms with E-state index < -0.39 is 72.0 Å². The summed E-state index contributed by atoms with van der Waals surface area (Å²) in [6.07, 6.45) is -4.54. The highest BCUT2D eigenvalue weighted by Gasteiger charge is 2.56. The first-order valence-electron chi connectivity index (χ1n) is 17.0. The van der Waals surface area contributed by atoms with Crippen LogP contribution in [-0.2, 0) is 38.0 Å². The Hall–Kier alpha value is -2.16. The maximum atomic E-state index is 12.3. The van der Waals surface area contributed by atoms with Crippen molar-refractivity contribution in [3.05, 3.63) is 35.5 Å². The molecule has 0 aromatic heterocycles. The molecule has 13 atom stereocenters. The molecular weight excluding hydrogens is 624 g/mol. The Kier molecular flexibility index (Phi) is 12.4. The fourth-order valence-corrected chi connectivity index (χ4v) is 7.88. The van der Waals surface area contributed by atoms with Crippen molar-refractivity contribution in [2.24, 2.45) is 29.1 Å². The van der Waals surface area contributed by atoms with E-state index in [9.17, 15) is 30.0 Å². The molecule has 1 saturated carbocycles. The summed E-state index contributed by atoms with van der Waals surface area (Å²) >= 11 is 0. The first-order valence-corrected chi connectivity index (χ1v) is 17.0. The van der Waals surface area contributed by atoms with Crippen molar-refractivity contribution in [2.45, 2.75) is 122 Å². The number of esters is 2. The van der Waals surface area contributed by atoms with Gasteiger partial charge in [0.15, 0.2) is 12.4 Å². The number of hydrogen-bond acceptors (Lipinski definition) is 12. The smallest absolute Gasteiger partial charge is 0.303 e. The van der Waals surface area contributed by atoms with Gasteiger partial charge in [-0.2, -0.15) is 0 Å². The number of methoxy groups -OCH3 is 1. The van der Waals surface area contributed by atoms with Crippen LogP contribution in [0.3, 0.4) is 0 Å². The Bertz CT molecular complexity index is 1240. The van der Waals surface area contributed by atoms with E-state index in [4.69, 9.17) is 28.4 Å². The van der Waals surface area contributed by atoms with Crippen LogP contribution < -0.4 is 0 Å². The van der Waals surface area contributed by atoms with Gasteiger partial charge in [-0.05, 0) is 57.4 Å². The summed E-state index contributed by atoms with van der Waals surface area (Å²) in [5, 5.41) is 46.7. The number of aliphatic hydroxyl groups excluding tert-OH is 4. The highest BCUT2D eigenvalue weighted by molar-refractivity contribution is 5.66. The number of fused-ring (bicyclic) bond motifs is 2. The van der Waals surface area contributed by atoms with E-state index >= 15 is 0 Å². The number of ether oxygens (including phenoxy) is 6. The fourth-order valence-electron chi connectivity index (χ4n) is 7.88. The summed E-state index contributed by atoms with van der Waals surface area (Å²) in [6.45, 7) is 16.0. The molecule has 272 valence electrons. The lowest BCUT2D eigenvalue weighted by molar-refractivity contribution is -0.320. The summed E-state index contributed by atoms with van der Waals surface area (Å²) < 4.78 is 35.1. The zero-order valence-electron chi connectivity index (χ0n) is 29.6. The van der Waals surface area contributed by atoms with Crippen molar-refractivity contribution >= 4 is 11.9 Å². The van der Waals surface area contributed by atoms with Gasteiger partial charge >= 0.3 is 11.9 Å². The van der Waals surface area contributed by atoms with Crippen LogP contribution in [0.25, 0.3) is 0 Å². The van der Waals surface area contributed by atoms with Crippen molar-refractivity contribution in [1.82, 2.24) is 0 Å². The molecule has 0 aromatic carbocycles. The standard InChI is InChI=1S/C36H56O12/c1-10-35(6,7)45-17-26-30(41)33(46-21(5)38)31(42)34(47-26)48-32-28-24(18(2)15-44-20(4)37)13-27(39)36(28,8)14-25-22(16-43-9)11-12-23(25)19(3)29(32)40/h10,14,18-19,22-23,26-27,29-34,39-42H,1,11-13,15-17H2,2-9H3/t18-,19+,22+,23-,26+,27-,29+,30+,31+,32+,33-,34+,36-/m0/s1. The van der Waals surface area contributed by atoms with Crippen molar-refractivity contribution in [3.8, 4) is 0 Å². The quantitative estimate of drug-likeness (QED) is 0.176. The molecule has 1 aliphatic heterocycles. The number of hydrogen-bond donors (Lipinski definition) is 4. The molecule has 1 heterocycles. The molecule has 4 N–H and O–H groups in total. The summed E-state index contributed by atoms with van der Waals surface area (Å²) in [4.78, 5) is 23.8. The molecule has 0 spiro atoms. The second kappa shape index (κ2) is 15.4. The zero-order chi connectivity index (χ0) is 35.7. The van der Waals surface area contributed by atoms with Crippen LogP contribution in [0.1, 0.15) is 67.7 Å². The van der Waals surface area contributed by atoms with Gasteiger partial charge < -0.3 is 48.8 Å². The number of carbonyl (C=O) groups excluding carboxylic acids is 2. The van der Waals surface area contributed by atoms with Gasteiger partial charge in [0.2, 0.25) is 0 Å². The van der Waals surface area contributed by atoms with Crippen molar-refractivity contribution in [2.75, 3.05) is 26.9 Å². The zero-order valence-corrected chi connectivity index (χ0v) is 29.6. The molecule has 0 radical (unpaired) electrons. The summed E-state index contributed by atoms with van der Waals surface area (Å²) in [6, 6.07) is 0. The van der Waals surface area contributed by atoms with Crippen LogP contribution in [0.4, 0.5) is 0 Å². The Labute approximate surface area is 284 Å². The van der Waals surface area contributed by atoms with Crippen molar-refractivity contribution < 1.29 is 58.4 Å². The molecule has 0 amide bonds. The molecule has 4 aliphatic rings. The van der Waals surface area contributed by atoms with E-state index in [0.717, 1.165) is 24.0 Å². The van der Waals surface area contributed by atoms with Crippen LogP contribution >= 0.6 is 0 Å². The molecule has 48 heavy (non-hydrogen) atoms. The van der Waals surface area contributed by atoms with Crippen molar-refractivity contribution in [1.29, 1.82) is 0 Å². The van der Waals surface area contributed by atoms with Crippen LogP contribution in [0.5, 0.6) is 0 Å². The van der Waals surface area contributed by atoms with Crippen LogP contribution in [0, 0.1) is 29.1 Å². The molecule has 3 aliphatic carbocycles. The minimum atomic E-state index is -1.63. The topological polar surface area (TPSA) is 170 Å². The van der Waals surface area contributed by atoms with Gasteiger partial charge in [-0.3, -0.25) is 9.59 Å². The minimum Gasteiger partial charge on any atom is -0.465 e. The van der Waals surface area contributed by atoms with Gasteiger partial charge in [-0.25, -0.2) is 0 Å². The monoisotopic (exact) mass is 680 g/mol. The average molecular weight is 681 g/mol. The molecule has 12 heteroatoms. The van der Waals surface area contributed by atoms with Crippen LogP contribution in [0.2, 0.25) is 0 Å². The third-order valence-corrected chi connectivity index (χ3v) is 10.8. The highest BCUT2D eigenvalue weighted by atomic mass is 16.7. The number of rotatable bonds is 12. The number of carbonyl (C=O) groups is 2. The van der Waals surface area contributed by atoms with E-state index in [-0.39, 0.29) is 43.3 Å². The second-order valence-corrected chi connectivity index (χ2v) is 14.7. The van der Waals surface area contributed by atoms with Gasteiger partial charge in [-0.1, -0.05) is 37.1 Å². The second-order valence-electron chi connectivity index (χ2n) is 14.7. The van der Waals surface area contributed by atoms with E-state index in [0.29, 0.717) is 12.2 Å². The Morgan fingerprint density at radius 1 is 1.10 bits per heavy atom. The molecule has 4 rings (SSSR count). The summed E-state index contributed by atoms with van der Waals surface area (Å²) in [5.74, 6) is -1.70. The first kappa shape index (κ1) is 38.6. The van der Waals surface area contributed by atoms with Gasteiger partial charge in [0, 0.05) is 38.2 Å². The molecule has 1 saturated heterocycles. The van der Waals surface area contributed by atoms with Crippen LogP contribution in [-0.4, -0.2) is 114 Å². The maximum Gasteiger partial charge on any atom is 0.303 e. The molecule has 12 nitrogen and oxygen atoms in total. The van der Waals surface area contributed by atoms with Gasteiger partial charge in [0.25, 0.3) is 0 Å². The minimum absolute atomic E-state index is 0.0190. The normalized spacial score (nSPS) is 39.1. The lowest BCUT2D eigenvalue weighted by atomic mass is 9.68. The highest BCUT2D eigenvalue weighted by Crippen LogP contribution is 2.56. The third kappa shape index (κ3) is 7.91. The van der Waals surface area contributed by atoms with E-state index in [1.807, 2.05) is 20.8 Å². The average Bonchev–Trinajstić information content (AvgIpc) is 3.52. The van der Waals surface area contributed by atoms with E-state index in [2.05, 4.69) is 12.7 Å². The largest absolute Gasteiger partial charge is 0.465 e. The van der Waals surface area contributed by atoms with Crippen LogP contribution in [0.15, 0.2) is 35.5 Å². The molecule has 0 unspecified atom stereocenters. The molecule has 2 fully saturated rings. The summed E-state index contributed by atoms with van der Waals surface area (Å²) in [7, 11) is 1.66. The molecular formula is C36H56O12. The lowest BCUT2D eigenvalue weighted by Crippen LogP contribution is -2.62. The lowest BCUT2D eigenvalue weighted by Gasteiger charge is -2.47. The predicted molar refractivity (Wildman–Crippen MR) is 174 cm³/mol. The third-order valence-electron chi connectivity index (χ3n) is 10.8. The molecule has 0 aromatic rings. The van der Waals surface area contributed by atoms with E-state index in [1.165, 1.54) is 13.8 Å².